The van der Waals surface area contributed by atoms with Gasteiger partial charge in [0.1, 0.15) is 12.1 Å². The summed E-state index contributed by atoms with van der Waals surface area (Å²) in [6, 6.07) is 6.14. The summed E-state index contributed by atoms with van der Waals surface area (Å²) < 4.78 is 18.3. The highest BCUT2D eigenvalue weighted by molar-refractivity contribution is 5.74. The number of halogens is 1. The van der Waals surface area contributed by atoms with Crippen molar-refractivity contribution in [3.05, 3.63) is 52.1 Å². The van der Waals surface area contributed by atoms with Crippen molar-refractivity contribution >= 4 is 23.3 Å². The van der Waals surface area contributed by atoms with Crippen LogP contribution in [-0.2, 0) is 16.0 Å². The van der Waals surface area contributed by atoms with Crippen molar-refractivity contribution in [2.75, 3.05) is 29.9 Å². The van der Waals surface area contributed by atoms with Gasteiger partial charge in [0.25, 0.3) is 0 Å². The first-order valence-corrected chi connectivity index (χ1v) is 10.6. The molecule has 3 rings (SSSR count). The number of nitrogens with one attached hydrogen (secondary N) is 1. The predicted molar refractivity (Wildman–Crippen MR) is 118 cm³/mol. The van der Waals surface area contributed by atoms with Crippen LogP contribution in [-0.4, -0.2) is 46.1 Å². The standard InChI is InChI=1S/C22H28FN5O4/c1-4-32-21(29)16-9-11-27(12-10-16)20-18(28(30)31)19(24-14-25-20)26-22(2,3)13-15-5-7-17(23)8-6-15/h5-8,14,16H,4,9-13H2,1-3H3,(H,24,25,26). The van der Waals surface area contributed by atoms with Crippen molar-refractivity contribution in [3.8, 4) is 0 Å². The number of anilines is 2. The van der Waals surface area contributed by atoms with Gasteiger partial charge in [0.2, 0.25) is 11.6 Å². The summed E-state index contributed by atoms with van der Waals surface area (Å²) in [6.45, 7) is 6.81. The molecule has 1 aromatic carbocycles. The zero-order valence-electron chi connectivity index (χ0n) is 18.5. The van der Waals surface area contributed by atoms with Crippen molar-refractivity contribution in [1.29, 1.82) is 0 Å². The summed E-state index contributed by atoms with van der Waals surface area (Å²) in [6.07, 6.45) is 2.89. The van der Waals surface area contributed by atoms with E-state index in [-0.39, 0.29) is 35.0 Å². The van der Waals surface area contributed by atoms with E-state index < -0.39 is 10.5 Å². The highest BCUT2D eigenvalue weighted by Crippen LogP contribution is 2.35. The molecule has 0 unspecified atom stereocenters. The molecule has 0 radical (unpaired) electrons. The Morgan fingerprint density at radius 1 is 1.28 bits per heavy atom. The van der Waals surface area contributed by atoms with Crippen LogP contribution in [0.2, 0.25) is 0 Å². The van der Waals surface area contributed by atoms with E-state index in [0.717, 1.165) is 5.56 Å². The minimum atomic E-state index is -0.592. The monoisotopic (exact) mass is 445 g/mol. The van der Waals surface area contributed by atoms with E-state index in [0.29, 0.717) is 39.0 Å². The maximum Gasteiger partial charge on any atom is 0.353 e. The molecule has 2 heterocycles. The molecule has 9 nitrogen and oxygen atoms in total. The number of esters is 1. The third-order valence-corrected chi connectivity index (χ3v) is 5.42. The van der Waals surface area contributed by atoms with Gasteiger partial charge in [-0.3, -0.25) is 14.9 Å². The van der Waals surface area contributed by atoms with E-state index in [2.05, 4.69) is 15.3 Å². The van der Waals surface area contributed by atoms with E-state index in [1.54, 1.807) is 19.1 Å². The van der Waals surface area contributed by atoms with Crippen LogP contribution in [0.1, 0.15) is 39.2 Å². The van der Waals surface area contributed by atoms with Gasteiger partial charge in [0.15, 0.2) is 0 Å². The molecule has 32 heavy (non-hydrogen) atoms. The zero-order valence-corrected chi connectivity index (χ0v) is 18.5. The smallest absolute Gasteiger partial charge is 0.353 e. The first-order chi connectivity index (χ1) is 15.2. The second-order valence-corrected chi connectivity index (χ2v) is 8.48. The first-order valence-electron chi connectivity index (χ1n) is 10.6. The number of rotatable bonds is 8. The number of carbonyl (C=O) groups excluding carboxylic acids is 1. The molecule has 0 aliphatic carbocycles. The Kier molecular flexibility index (Phi) is 7.22. The lowest BCUT2D eigenvalue weighted by Gasteiger charge is -2.32. The van der Waals surface area contributed by atoms with Gasteiger partial charge in [-0.1, -0.05) is 12.1 Å². The number of nitro groups is 1. The highest BCUT2D eigenvalue weighted by atomic mass is 19.1. The Bertz CT molecular complexity index is 959. The fourth-order valence-electron chi connectivity index (χ4n) is 3.92. The van der Waals surface area contributed by atoms with E-state index >= 15 is 0 Å². The summed E-state index contributed by atoms with van der Waals surface area (Å²) in [5.74, 6) is -0.400. The number of nitrogens with zero attached hydrogens (tertiary/aromatic N) is 4. The summed E-state index contributed by atoms with van der Waals surface area (Å²) in [7, 11) is 0. The molecule has 0 amide bonds. The fourth-order valence-corrected chi connectivity index (χ4v) is 3.92. The van der Waals surface area contributed by atoms with E-state index in [1.807, 2.05) is 18.7 Å². The molecular formula is C22H28FN5O4. The minimum absolute atomic E-state index is 0.125. The summed E-state index contributed by atoms with van der Waals surface area (Å²) in [5.41, 5.74) is 0.0987. The third kappa shape index (κ3) is 5.68. The average molecular weight is 445 g/mol. The number of hydrogen-bond acceptors (Lipinski definition) is 8. The van der Waals surface area contributed by atoms with Gasteiger partial charge in [-0.2, -0.15) is 0 Å². The summed E-state index contributed by atoms with van der Waals surface area (Å²) in [4.78, 5) is 33.6. The fraction of sp³-hybridized carbons (Fsp3) is 0.500. The van der Waals surface area contributed by atoms with Crippen molar-refractivity contribution in [2.45, 2.75) is 45.6 Å². The number of piperidine rings is 1. The Labute approximate surface area is 186 Å². The molecule has 0 atom stereocenters. The van der Waals surface area contributed by atoms with Crippen LogP contribution in [0, 0.1) is 21.8 Å². The lowest BCUT2D eigenvalue weighted by Crippen LogP contribution is -2.38. The molecule has 1 aliphatic rings. The Morgan fingerprint density at radius 2 is 1.94 bits per heavy atom. The molecular weight excluding hydrogens is 417 g/mol. The summed E-state index contributed by atoms with van der Waals surface area (Å²) >= 11 is 0. The molecule has 0 bridgehead atoms. The van der Waals surface area contributed by atoms with Crippen LogP contribution < -0.4 is 10.2 Å². The van der Waals surface area contributed by atoms with Crippen LogP contribution >= 0.6 is 0 Å². The molecule has 1 aliphatic heterocycles. The lowest BCUT2D eigenvalue weighted by molar-refractivity contribution is -0.383. The number of aromatic nitrogens is 2. The number of hydrogen-bond donors (Lipinski definition) is 1. The predicted octanol–water partition coefficient (Wildman–Crippen LogP) is 3.74. The van der Waals surface area contributed by atoms with Crippen LogP contribution in [0.4, 0.5) is 21.7 Å². The quantitative estimate of drug-likeness (QED) is 0.372. The highest BCUT2D eigenvalue weighted by Gasteiger charge is 2.33. The van der Waals surface area contributed by atoms with Crippen LogP contribution in [0.5, 0.6) is 0 Å². The number of ether oxygens (including phenoxy) is 1. The van der Waals surface area contributed by atoms with Crippen molar-refractivity contribution < 1.29 is 18.8 Å². The van der Waals surface area contributed by atoms with Crippen LogP contribution in [0.25, 0.3) is 0 Å². The molecule has 1 N–H and O–H groups in total. The average Bonchev–Trinajstić information content (AvgIpc) is 2.75. The van der Waals surface area contributed by atoms with Crippen molar-refractivity contribution in [3.63, 3.8) is 0 Å². The number of benzene rings is 1. The number of carbonyl (C=O) groups is 1. The SMILES string of the molecule is CCOC(=O)C1CCN(c2ncnc(NC(C)(C)Cc3ccc(F)cc3)c2[N+](=O)[O-])CC1. The van der Waals surface area contributed by atoms with E-state index in [1.165, 1.54) is 18.5 Å². The zero-order chi connectivity index (χ0) is 23.3. The lowest BCUT2D eigenvalue weighted by atomic mass is 9.94. The Morgan fingerprint density at radius 3 is 2.53 bits per heavy atom. The van der Waals surface area contributed by atoms with E-state index in [9.17, 15) is 19.3 Å². The second-order valence-electron chi connectivity index (χ2n) is 8.48. The van der Waals surface area contributed by atoms with Gasteiger partial charge in [-0.25, -0.2) is 14.4 Å². The molecule has 1 aromatic heterocycles. The van der Waals surface area contributed by atoms with Gasteiger partial charge in [-0.05, 0) is 57.7 Å². The third-order valence-electron chi connectivity index (χ3n) is 5.42. The van der Waals surface area contributed by atoms with Crippen LogP contribution in [0.3, 0.4) is 0 Å². The van der Waals surface area contributed by atoms with Gasteiger partial charge in [0.05, 0.1) is 17.4 Å². The molecule has 1 saturated heterocycles. The molecule has 172 valence electrons. The van der Waals surface area contributed by atoms with E-state index in [4.69, 9.17) is 4.74 Å². The van der Waals surface area contributed by atoms with Gasteiger partial charge >= 0.3 is 11.7 Å². The molecule has 1 fully saturated rings. The normalized spacial score (nSPS) is 14.8. The molecule has 10 heteroatoms. The van der Waals surface area contributed by atoms with Crippen molar-refractivity contribution in [1.82, 2.24) is 9.97 Å². The maximum atomic E-state index is 13.2. The summed E-state index contributed by atoms with van der Waals surface area (Å²) in [5, 5.41) is 15.1. The topological polar surface area (TPSA) is 110 Å². The molecule has 0 spiro atoms. The van der Waals surface area contributed by atoms with Gasteiger partial charge < -0.3 is 15.0 Å². The van der Waals surface area contributed by atoms with Crippen LogP contribution in [0.15, 0.2) is 30.6 Å². The van der Waals surface area contributed by atoms with Crippen molar-refractivity contribution in [2.24, 2.45) is 5.92 Å². The maximum absolute atomic E-state index is 13.2. The Hall–Kier alpha value is -3.30. The second kappa shape index (κ2) is 9.88. The first kappa shape index (κ1) is 23.4. The molecule has 0 saturated carbocycles. The minimum Gasteiger partial charge on any atom is -0.466 e. The molecule has 2 aromatic rings. The Balaban J connectivity index is 1.78. The largest absolute Gasteiger partial charge is 0.466 e. The van der Waals surface area contributed by atoms with Gasteiger partial charge in [0, 0.05) is 18.6 Å². The van der Waals surface area contributed by atoms with Gasteiger partial charge in [-0.15, -0.1) is 0 Å².